The molecule has 188 valence electrons. The average molecular weight is 506 g/mol. The molecular weight excluding hydrogens is 474 g/mol. The number of carbonyl (C=O) groups is 1. The lowest BCUT2D eigenvalue weighted by Crippen LogP contribution is -2.47. The van der Waals surface area contributed by atoms with E-state index in [4.69, 9.17) is 16.6 Å². The van der Waals surface area contributed by atoms with Gasteiger partial charge < -0.3 is 20.6 Å². The van der Waals surface area contributed by atoms with Gasteiger partial charge in [-0.2, -0.15) is 4.98 Å². The maximum atomic E-state index is 13.1. The van der Waals surface area contributed by atoms with E-state index >= 15 is 0 Å². The van der Waals surface area contributed by atoms with Crippen molar-refractivity contribution in [1.82, 2.24) is 15.3 Å². The van der Waals surface area contributed by atoms with Gasteiger partial charge in [0.2, 0.25) is 5.95 Å². The number of hydrogen-bond acceptors (Lipinski definition) is 6. The molecule has 2 aliphatic rings. The summed E-state index contributed by atoms with van der Waals surface area (Å²) >= 11 is 6.28. The van der Waals surface area contributed by atoms with Crippen molar-refractivity contribution < 1.29 is 9.90 Å². The second kappa shape index (κ2) is 10.8. The summed E-state index contributed by atoms with van der Waals surface area (Å²) in [5.74, 6) is 0.938. The summed E-state index contributed by atoms with van der Waals surface area (Å²) in [6.07, 6.45) is 7.91. The van der Waals surface area contributed by atoms with Gasteiger partial charge in [-0.1, -0.05) is 60.5 Å². The number of benzene rings is 2. The normalized spacial score (nSPS) is 16.4. The lowest BCUT2D eigenvalue weighted by molar-refractivity contribution is 0.0950. The highest BCUT2D eigenvalue weighted by atomic mass is 35.5. The van der Waals surface area contributed by atoms with Gasteiger partial charge in [0.1, 0.15) is 11.4 Å². The molecule has 36 heavy (non-hydrogen) atoms. The smallest absolute Gasteiger partial charge is 0.256 e. The number of anilines is 2. The SMILES string of the molecule is O=C(NCc1ccccc1)c1cnc(N2CCCC3(CCC3)C2)nc1NCc1ccc(CO)c(Cl)c1. The fraction of sp³-hybridized carbons (Fsp3) is 0.393. The molecule has 1 aliphatic carbocycles. The molecule has 1 saturated carbocycles. The Hall–Kier alpha value is -3.16. The lowest BCUT2D eigenvalue weighted by atomic mass is 9.64. The molecule has 1 amide bonds. The van der Waals surface area contributed by atoms with Gasteiger partial charge in [0.05, 0.1) is 6.61 Å². The number of nitrogens with zero attached hydrogens (tertiary/aromatic N) is 3. The van der Waals surface area contributed by atoms with Crippen molar-refractivity contribution in [2.45, 2.75) is 51.8 Å². The van der Waals surface area contributed by atoms with Crippen LogP contribution in [0.25, 0.3) is 0 Å². The van der Waals surface area contributed by atoms with Gasteiger partial charge in [-0.15, -0.1) is 0 Å². The first-order valence-electron chi connectivity index (χ1n) is 12.6. The number of aromatic nitrogens is 2. The van der Waals surface area contributed by atoms with Crippen molar-refractivity contribution in [2.24, 2.45) is 5.41 Å². The standard InChI is InChI=1S/C28H32ClN5O2/c29-24-14-21(8-9-22(24)18-35)16-30-25-23(26(36)31-15-20-6-2-1-3-7-20)17-32-27(33-25)34-13-5-12-28(19-34)10-4-11-28/h1-3,6-9,14,17,35H,4-5,10-13,15-16,18-19H2,(H,31,36)(H,30,32,33). The zero-order chi connectivity index (χ0) is 25.0. The monoisotopic (exact) mass is 505 g/mol. The van der Waals surface area contributed by atoms with Crippen LogP contribution >= 0.6 is 11.6 Å². The predicted octanol–water partition coefficient (Wildman–Crippen LogP) is 4.93. The Morgan fingerprint density at radius 1 is 1.06 bits per heavy atom. The molecule has 2 aromatic carbocycles. The van der Waals surface area contributed by atoms with E-state index in [9.17, 15) is 9.90 Å². The van der Waals surface area contributed by atoms with E-state index < -0.39 is 0 Å². The number of amides is 1. The zero-order valence-electron chi connectivity index (χ0n) is 20.3. The third-order valence-electron chi connectivity index (χ3n) is 7.42. The van der Waals surface area contributed by atoms with Crippen LogP contribution in [0.15, 0.2) is 54.7 Å². The number of aliphatic hydroxyl groups is 1. The summed E-state index contributed by atoms with van der Waals surface area (Å²) in [5.41, 5.74) is 3.45. The van der Waals surface area contributed by atoms with E-state index in [2.05, 4.69) is 20.5 Å². The molecule has 0 unspecified atom stereocenters. The summed E-state index contributed by atoms with van der Waals surface area (Å²) in [5, 5.41) is 16.2. The molecule has 0 atom stereocenters. The molecule has 3 aromatic rings. The molecule has 7 nitrogen and oxygen atoms in total. The molecule has 3 N–H and O–H groups in total. The van der Waals surface area contributed by atoms with Crippen LogP contribution in [0.1, 0.15) is 59.2 Å². The van der Waals surface area contributed by atoms with E-state index in [1.807, 2.05) is 48.5 Å². The maximum Gasteiger partial charge on any atom is 0.256 e. The summed E-state index contributed by atoms with van der Waals surface area (Å²) in [4.78, 5) is 24.9. The number of carbonyl (C=O) groups excluding carboxylic acids is 1. The molecule has 8 heteroatoms. The first-order chi connectivity index (χ1) is 17.5. The van der Waals surface area contributed by atoms with Crippen LogP contribution in [0.2, 0.25) is 5.02 Å². The molecule has 1 spiro atoms. The number of rotatable bonds is 8. The third-order valence-corrected chi connectivity index (χ3v) is 7.77. The van der Waals surface area contributed by atoms with Crippen LogP contribution in [0.5, 0.6) is 0 Å². The second-order valence-electron chi connectivity index (χ2n) is 9.92. The van der Waals surface area contributed by atoms with E-state index in [0.29, 0.717) is 46.4 Å². The molecule has 5 rings (SSSR count). The highest BCUT2D eigenvalue weighted by molar-refractivity contribution is 6.31. The van der Waals surface area contributed by atoms with E-state index in [1.165, 1.54) is 25.7 Å². The number of hydrogen-bond donors (Lipinski definition) is 3. The quantitative estimate of drug-likeness (QED) is 0.402. The minimum Gasteiger partial charge on any atom is -0.392 e. The van der Waals surface area contributed by atoms with E-state index in [0.717, 1.165) is 30.6 Å². The predicted molar refractivity (Wildman–Crippen MR) is 142 cm³/mol. The highest BCUT2D eigenvalue weighted by Gasteiger charge is 2.41. The van der Waals surface area contributed by atoms with Crippen LogP contribution in [0.3, 0.4) is 0 Å². The highest BCUT2D eigenvalue weighted by Crippen LogP contribution is 2.47. The second-order valence-corrected chi connectivity index (χ2v) is 10.3. The number of halogens is 1. The van der Waals surface area contributed by atoms with Gasteiger partial charge in [-0.3, -0.25) is 4.79 Å². The Balaban J connectivity index is 1.37. The first kappa shape index (κ1) is 24.5. The molecule has 2 fully saturated rings. The van der Waals surface area contributed by atoms with Crippen LogP contribution < -0.4 is 15.5 Å². The van der Waals surface area contributed by atoms with Crippen LogP contribution in [0, 0.1) is 5.41 Å². The molecule has 0 radical (unpaired) electrons. The van der Waals surface area contributed by atoms with Crippen molar-refractivity contribution in [3.05, 3.63) is 82.0 Å². The van der Waals surface area contributed by atoms with Crippen molar-refractivity contribution in [1.29, 1.82) is 0 Å². The topological polar surface area (TPSA) is 90.4 Å². The fourth-order valence-electron chi connectivity index (χ4n) is 5.18. The van der Waals surface area contributed by atoms with Gasteiger partial charge in [0.15, 0.2) is 0 Å². The fourth-order valence-corrected chi connectivity index (χ4v) is 5.44. The van der Waals surface area contributed by atoms with Crippen molar-refractivity contribution >= 4 is 29.3 Å². The molecular formula is C28H32ClN5O2. The molecule has 2 heterocycles. The number of piperidine rings is 1. The summed E-state index contributed by atoms with van der Waals surface area (Å²) < 4.78 is 0. The first-order valence-corrected chi connectivity index (χ1v) is 13.0. The number of aliphatic hydroxyl groups excluding tert-OH is 1. The van der Waals surface area contributed by atoms with Crippen molar-refractivity contribution in [3.63, 3.8) is 0 Å². The minimum atomic E-state index is -0.226. The Morgan fingerprint density at radius 3 is 2.58 bits per heavy atom. The largest absolute Gasteiger partial charge is 0.392 e. The van der Waals surface area contributed by atoms with E-state index in [-0.39, 0.29) is 12.5 Å². The Kier molecular flexibility index (Phi) is 7.39. The van der Waals surface area contributed by atoms with Crippen molar-refractivity contribution in [3.8, 4) is 0 Å². The molecule has 0 bridgehead atoms. The van der Waals surface area contributed by atoms with Crippen molar-refractivity contribution in [2.75, 3.05) is 23.3 Å². The maximum absolute atomic E-state index is 13.1. The summed E-state index contributed by atoms with van der Waals surface area (Å²) in [6.45, 7) is 2.66. The van der Waals surface area contributed by atoms with Crippen LogP contribution in [0.4, 0.5) is 11.8 Å². The Bertz CT molecular complexity index is 1220. The van der Waals surface area contributed by atoms with Gasteiger partial charge in [0, 0.05) is 37.4 Å². The molecule has 1 aliphatic heterocycles. The average Bonchev–Trinajstić information content (AvgIpc) is 2.90. The zero-order valence-corrected chi connectivity index (χ0v) is 21.1. The van der Waals surface area contributed by atoms with Crippen LogP contribution in [-0.4, -0.2) is 34.1 Å². The Labute approximate surface area is 216 Å². The van der Waals surface area contributed by atoms with Gasteiger partial charge >= 0.3 is 0 Å². The van der Waals surface area contributed by atoms with E-state index in [1.54, 1.807) is 6.20 Å². The lowest BCUT2D eigenvalue weighted by Gasteiger charge is -2.48. The van der Waals surface area contributed by atoms with Crippen LogP contribution in [-0.2, 0) is 19.7 Å². The number of nitrogens with one attached hydrogen (secondary N) is 2. The molecule has 1 saturated heterocycles. The molecule has 1 aromatic heterocycles. The minimum absolute atomic E-state index is 0.106. The van der Waals surface area contributed by atoms with Gasteiger partial charge in [-0.25, -0.2) is 4.98 Å². The Morgan fingerprint density at radius 2 is 1.86 bits per heavy atom. The third kappa shape index (κ3) is 5.47. The summed E-state index contributed by atoms with van der Waals surface area (Å²) in [6, 6.07) is 15.4. The van der Waals surface area contributed by atoms with Gasteiger partial charge in [-0.05, 0) is 53.9 Å². The van der Waals surface area contributed by atoms with Gasteiger partial charge in [0.25, 0.3) is 5.91 Å². The summed E-state index contributed by atoms with van der Waals surface area (Å²) in [7, 11) is 0.